The van der Waals surface area contributed by atoms with Gasteiger partial charge >= 0.3 is 0 Å². The minimum absolute atomic E-state index is 0.0389. The van der Waals surface area contributed by atoms with Crippen LogP contribution in [0, 0.1) is 11.3 Å². The molecule has 1 aliphatic rings. The summed E-state index contributed by atoms with van der Waals surface area (Å²) in [5, 5.41) is 9.18. The topological polar surface area (TPSA) is 56.1 Å². The summed E-state index contributed by atoms with van der Waals surface area (Å²) in [5.41, 5.74) is 1.69. The predicted molar refractivity (Wildman–Crippen MR) is 70.6 cm³/mol. The summed E-state index contributed by atoms with van der Waals surface area (Å²) in [7, 11) is -1.50. The van der Waals surface area contributed by atoms with Gasteiger partial charge in [0.15, 0.2) is 0 Å². The van der Waals surface area contributed by atoms with Crippen LogP contribution < -0.4 is 4.98 Å². The highest BCUT2D eigenvalue weighted by Gasteiger charge is 2.35. The second kappa shape index (κ2) is 4.92. The molecule has 1 N–H and O–H groups in total. The van der Waals surface area contributed by atoms with Crippen molar-refractivity contribution in [2.24, 2.45) is 0 Å². The van der Waals surface area contributed by atoms with E-state index in [4.69, 9.17) is 0 Å². The maximum absolute atomic E-state index is 11.6. The Morgan fingerprint density at radius 1 is 1.59 bits per heavy atom. The average molecular weight is 251 g/mol. The molecule has 0 saturated carbocycles. The Labute approximate surface area is 104 Å². The summed E-state index contributed by atoms with van der Waals surface area (Å²) in [4.78, 5) is 16.8. The van der Waals surface area contributed by atoms with E-state index in [0.717, 1.165) is 17.7 Å². The Kier molecular flexibility index (Phi) is 3.99. The van der Waals surface area contributed by atoms with E-state index in [-0.39, 0.29) is 11.9 Å². The fourth-order valence-electron chi connectivity index (χ4n) is 2.14. The summed E-state index contributed by atoms with van der Waals surface area (Å²) in [6, 6.07) is 2.28. The third-order valence-electron chi connectivity index (χ3n) is 2.80. The molecule has 0 aromatic carbocycles. The quantitative estimate of drug-likeness (QED) is 0.779. The Hall–Kier alpha value is -1.28. The van der Waals surface area contributed by atoms with Gasteiger partial charge in [0.25, 0.3) is 0 Å². The fourth-order valence-corrected chi connectivity index (χ4v) is 3.26. The molecule has 0 saturated heterocycles. The molecule has 0 radical (unpaired) electrons. The van der Waals surface area contributed by atoms with Crippen molar-refractivity contribution >= 4 is 14.1 Å². The first-order chi connectivity index (χ1) is 7.80. The molecule has 0 fully saturated rings. The summed E-state index contributed by atoms with van der Waals surface area (Å²) < 4.78 is 0. The standard InChI is InChI=1S/C12H21N3OSi/c1-6-11-12(14-17(3,4)5)10(7-13)8-15(11)9(2)16/h11,14H,6,8H2,1-5H3. The van der Waals surface area contributed by atoms with Crippen LogP contribution in [-0.2, 0) is 4.79 Å². The van der Waals surface area contributed by atoms with Crippen molar-refractivity contribution in [2.45, 2.75) is 46.0 Å². The zero-order valence-corrected chi connectivity index (χ0v) is 12.3. The molecule has 94 valence electrons. The van der Waals surface area contributed by atoms with Crippen molar-refractivity contribution in [1.82, 2.24) is 9.88 Å². The van der Waals surface area contributed by atoms with E-state index in [1.54, 1.807) is 11.8 Å². The van der Waals surface area contributed by atoms with Crippen LogP contribution in [0.2, 0.25) is 19.6 Å². The molecule has 1 atom stereocenters. The highest BCUT2D eigenvalue weighted by molar-refractivity contribution is 6.74. The summed E-state index contributed by atoms with van der Waals surface area (Å²) in [5.74, 6) is 0.0389. The smallest absolute Gasteiger partial charge is 0.220 e. The van der Waals surface area contributed by atoms with Gasteiger partial charge in [-0.3, -0.25) is 4.79 Å². The Bertz CT molecular complexity index is 390. The molecular formula is C12H21N3OSi. The Balaban J connectivity index is 3.04. The van der Waals surface area contributed by atoms with Crippen molar-refractivity contribution in [3.05, 3.63) is 11.3 Å². The molecular weight excluding hydrogens is 230 g/mol. The molecule has 0 bridgehead atoms. The molecule has 1 amide bonds. The average Bonchev–Trinajstić information content (AvgIpc) is 2.53. The van der Waals surface area contributed by atoms with Gasteiger partial charge in [0, 0.05) is 12.6 Å². The van der Waals surface area contributed by atoms with E-state index in [9.17, 15) is 10.1 Å². The van der Waals surface area contributed by atoms with Crippen LogP contribution in [0.15, 0.2) is 11.3 Å². The van der Waals surface area contributed by atoms with Crippen LogP contribution in [-0.4, -0.2) is 31.6 Å². The monoisotopic (exact) mass is 251 g/mol. The van der Waals surface area contributed by atoms with Crippen LogP contribution in [0.4, 0.5) is 0 Å². The van der Waals surface area contributed by atoms with Crippen LogP contribution in [0.3, 0.4) is 0 Å². The van der Waals surface area contributed by atoms with E-state index in [1.165, 1.54) is 0 Å². The summed E-state index contributed by atoms with van der Waals surface area (Å²) in [6.07, 6.45) is 0.845. The van der Waals surface area contributed by atoms with Crippen LogP contribution in [0.1, 0.15) is 20.3 Å². The van der Waals surface area contributed by atoms with Crippen LogP contribution in [0.5, 0.6) is 0 Å². The third kappa shape index (κ3) is 3.10. The van der Waals surface area contributed by atoms with Gasteiger partial charge in [-0.1, -0.05) is 26.6 Å². The van der Waals surface area contributed by atoms with Gasteiger partial charge in [-0.15, -0.1) is 0 Å². The van der Waals surface area contributed by atoms with Crippen LogP contribution in [0.25, 0.3) is 0 Å². The number of amides is 1. The molecule has 17 heavy (non-hydrogen) atoms. The van der Waals surface area contributed by atoms with Crippen molar-refractivity contribution in [3.63, 3.8) is 0 Å². The second-order valence-corrected chi connectivity index (χ2v) is 10.2. The number of carbonyl (C=O) groups excluding carboxylic acids is 1. The first-order valence-corrected chi connectivity index (χ1v) is 9.48. The lowest BCUT2D eigenvalue weighted by molar-refractivity contribution is -0.129. The zero-order chi connectivity index (χ0) is 13.2. The van der Waals surface area contributed by atoms with Gasteiger partial charge in [0.05, 0.1) is 24.2 Å². The molecule has 0 aromatic heterocycles. The first kappa shape index (κ1) is 13.8. The zero-order valence-electron chi connectivity index (χ0n) is 11.3. The van der Waals surface area contributed by atoms with Crippen molar-refractivity contribution in [3.8, 4) is 6.07 Å². The van der Waals surface area contributed by atoms with Gasteiger partial charge in [-0.25, -0.2) is 0 Å². The summed E-state index contributed by atoms with van der Waals surface area (Å²) >= 11 is 0. The molecule has 1 rings (SSSR count). The number of carbonyl (C=O) groups is 1. The Morgan fingerprint density at radius 2 is 2.18 bits per heavy atom. The first-order valence-electron chi connectivity index (χ1n) is 5.98. The van der Waals surface area contributed by atoms with Gasteiger partial charge in [-0.05, 0) is 6.42 Å². The normalized spacial score (nSPS) is 20.5. The molecule has 1 aliphatic heterocycles. The summed E-state index contributed by atoms with van der Waals surface area (Å²) in [6.45, 7) is 10.6. The molecule has 0 spiro atoms. The number of nitriles is 1. The number of hydrogen-bond donors (Lipinski definition) is 1. The van der Waals surface area contributed by atoms with E-state index >= 15 is 0 Å². The maximum atomic E-state index is 11.6. The van der Waals surface area contributed by atoms with Gasteiger partial charge in [-0.2, -0.15) is 5.26 Å². The molecule has 1 unspecified atom stereocenters. The lowest BCUT2D eigenvalue weighted by Gasteiger charge is -2.29. The molecule has 4 nitrogen and oxygen atoms in total. The largest absolute Gasteiger partial charge is 0.412 e. The van der Waals surface area contributed by atoms with Gasteiger partial charge < -0.3 is 9.88 Å². The number of nitrogens with zero attached hydrogens (tertiary/aromatic N) is 2. The highest BCUT2D eigenvalue weighted by Crippen LogP contribution is 2.26. The lowest BCUT2D eigenvalue weighted by atomic mass is 10.1. The fraction of sp³-hybridized carbons (Fsp3) is 0.667. The van der Waals surface area contributed by atoms with E-state index < -0.39 is 8.24 Å². The molecule has 1 heterocycles. The van der Waals surface area contributed by atoms with Crippen LogP contribution >= 0.6 is 0 Å². The minimum Gasteiger partial charge on any atom is -0.412 e. The van der Waals surface area contributed by atoms with Crippen molar-refractivity contribution in [2.75, 3.05) is 6.54 Å². The minimum atomic E-state index is -1.50. The lowest BCUT2D eigenvalue weighted by Crippen LogP contribution is -2.46. The third-order valence-corrected chi connectivity index (χ3v) is 3.82. The second-order valence-electron chi connectivity index (χ2n) is 5.45. The number of rotatable bonds is 3. The Morgan fingerprint density at radius 3 is 2.53 bits per heavy atom. The SMILES string of the molecule is CCC1C(N[Si](C)(C)C)=C(C#N)CN1C(C)=O. The van der Waals surface area contributed by atoms with E-state index in [1.807, 2.05) is 6.92 Å². The van der Waals surface area contributed by atoms with E-state index in [2.05, 4.69) is 30.7 Å². The predicted octanol–water partition coefficient (Wildman–Crippen LogP) is 1.83. The highest BCUT2D eigenvalue weighted by atomic mass is 28.3. The molecule has 0 aromatic rings. The van der Waals surface area contributed by atoms with Crippen molar-refractivity contribution in [1.29, 1.82) is 5.26 Å². The number of hydrogen-bond acceptors (Lipinski definition) is 3. The number of nitrogens with one attached hydrogen (secondary N) is 1. The van der Waals surface area contributed by atoms with Gasteiger partial charge in [0.2, 0.25) is 5.91 Å². The molecule has 5 heteroatoms. The van der Waals surface area contributed by atoms with Gasteiger partial charge in [0.1, 0.15) is 8.24 Å². The van der Waals surface area contributed by atoms with E-state index in [0.29, 0.717) is 6.54 Å². The molecule has 0 aliphatic carbocycles. The maximum Gasteiger partial charge on any atom is 0.220 e. The van der Waals surface area contributed by atoms with Crippen molar-refractivity contribution < 1.29 is 4.79 Å².